The van der Waals surface area contributed by atoms with Crippen LogP contribution in [0.2, 0.25) is 0 Å². The second-order valence-corrected chi connectivity index (χ2v) is 5.00. The van der Waals surface area contributed by atoms with Crippen LogP contribution < -0.4 is 9.47 Å². The molecule has 1 atom stereocenters. The highest BCUT2D eigenvalue weighted by Gasteiger charge is 2.22. The van der Waals surface area contributed by atoms with E-state index in [1.54, 1.807) is 0 Å². The van der Waals surface area contributed by atoms with Gasteiger partial charge in [-0.2, -0.15) is 0 Å². The van der Waals surface area contributed by atoms with Crippen molar-refractivity contribution in [2.24, 2.45) is 0 Å². The minimum Gasteiger partial charge on any atom is -0.494 e. The normalized spacial score (nSPS) is 17.2. The van der Waals surface area contributed by atoms with Crippen LogP contribution in [0.1, 0.15) is 39.0 Å². The first-order valence-corrected chi connectivity index (χ1v) is 7.35. The van der Waals surface area contributed by atoms with E-state index in [-0.39, 0.29) is 0 Å². The third kappa shape index (κ3) is 5.97. The zero-order chi connectivity index (χ0) is 13.3. The van der Waals surface area contributed by atoms with Crippen LogP contribution in [0.25, 0.3) is 0 Å². The van der Waals surface area contributed by atoms with Gasteiger partial charge >= 0.3 is 0 Å². The van der Waals surface area contributed by atoms with Crippen molar-refractivity contribution in [2.75, 3.05) is 19.8 Å². The summed E-state index contributed by atoms with van der Waals surface area (Å²) >= 11 is 0. The van der Waals surface area contributed by atoms with Crippen molar-refractivity contribution in [3.63, 3.8) is 0 Å². The van der Waals surface area contributed by atoms with Crippen molar-refractivity contribution in [3.05, 3.63) is 24.3 Å². The third-order valence-corrected chi connectivity index (χ3v) is 3.18. The first-order valence-electron chi connectivity index (χ1n) is 7.35. The SMILES string of the molecule is CCCCCCCOc1ccc(OCC2CO2)cc1. The fourth-order valence-electron chi connectivity index (χ4n) is 1.88. The number of rotatable bonds is 10. The molecule has 0 aromatic heterocycles. The Kier molecular flexibility index (Phi) is 6.02. The van der Waals surface area contributed by atoms with Crippen LogP contribution >= 0.6 is 0 Å². The molecule has 1 saturated heterocycles. The van der Waals surface area contributed by atoms with Gasteiger partial charge in [0.2, 0.25) is 0 Å². The quantitative estimate of drug-likeness (QED) is 0.475. The van der Waals surface area contributed by atoms with Crippen molar-refractivity contribution >= 4 is 0 Å². The summed E-state index contributed by atoms with van der Waals surface area (Å²) in [6, 6.07) is 7.84. The van der Waals surface area contributed by atoms with Crippen LogP contribution in [0.4, 0.5) is 0 Å². The Balaban J connectivity index is 1.58. The van der Waals surface area contributed by atoms with Gasteiger partial charge in [0.25, 0.3) is 0 Å². The summed E-state index contributed by atoms with van der Waals surface area (Å²) in [5, 5.41) is 0. The van der Waals surface area contributed by atoms with E-state index in [1.807, 2.05) is 24.3 Å². The lowest BCUT2D eigenvalue weighted by Crippen LogP contribution is -2.04. The fourth-order valence-corrected chi connectivity index (χ4v) is 1.88. The Bertz CT molecular complexity index is 344. The van der Waals surface area contributed by atoms with Gasteiger partial charge in [-0.3, -0.25) is 0 Å². The first-order chi connectivity index (χ1) is 9.38. The topological polar surface area (TPSA) is 31.0 Å². The van der Waals surface area contributed by atoms with Crippen molar-refractivity contribution in [2.45, 2.75) is 45.1 Å². The van der Waals surface area contributed by atoms with Crippen LogP contribution in [0, 0.1) is 0 Å². The Morgan fingerprint density at radius 1 is 1.00 bits per heavy atom. The molecule has 2 rings (SSSR count). The average Bonchev–Trinajstić information content (AvgIpc) is 3.26. The molecular formula is C16H24O3. The molecule has 19 heavy (non-hydrogen) atoms. The maximum Gasteiger partial charge on any atom is 0.119 e. The molecular weight excluding hydrogens is 240 g/mol. The van der Waals surface area contributed by atoms with E-state index in [1.165, 1.54) is 25.7 Å². The zero-order valence-electron chi connectivity index (χ0n) is 11.8. The van der Waals surface area contributed by atoms with Crippen LogP contribution in [0.3, 0.4) is 0 Å². The molecule has 1 aliphatic rings. The molecule has 3 heteroatoms. The minimum absolute atomic E-state index is 0.305. The van der Waals surface area contributed by atoms with E-state index in [0.717, 1.165) is 31.1 Å². The van der Waals surface area contributed by atoms with Crippen LogP contribution in [0.15, 0.2) is 24.3 Å². The molecule has 1 unspecified atom stereocenters. The van der Waals surface area contributed by atoms with Crippen molar-refractivity contribution in [1.82, 2.24) is 0 Å². The Labute approximate surface area is 115 Å². The zero-order valence-corrected chi connectivity index (χ0v) is 11.8. The second kappa shape index (κ2) is 8.05. The molecule has 1 aromatic carbocycles. The summed E-state index contributed by atoms with van der Waals surface area (Å²) in [5.74, 6) is 1.80. The standard InChI is InChI=1S/C16H24O3/c1-2-3-4-5-6-11-17-14-7-9-15(10-8-14)18-12-16-13-19-16/h7-10,16H,2-6,11-13H2,1H3. The lowest BCUT2D eigenvalue weighted by atomic mass is 10.2. The van der Waals surface area contributed by atoms with Crippen LogP contribution in [0.5, 0.6) is 11.5 Å². The van der Waals surface area contributed by atoms with Crippen molar-refractivity contribution < 1.29 is 14.2 Å². The molecule has 1 fully saturated rings. The van der Waals surface area contributed by atoms with Crippen LogP contribution in [-0.4, -0.2) is 25.9 Å². The van der Waals surface area contributed by atoms with Crippen LogP contribution in [-0.2, 0) is 4.74 Å². The molecule has 0 bridgehead atoms. The Hall–Kier alpha value is -1.22. The third-order valence-electron chi connectivity index (χ3n) is 3.18. The molecule has 0 aliphatic carbocycles. The molecule has 0 radical (unpaired) electrons. The van der Waals surface area contributed by atoms with E-state index in [2.05, 4.69) is 6.92 Å². The molecule has 1 aliphatic heterocycles. The molecule has 0 saturated carbocycles. The van der Waals surface area contributed by atoms with E-state index in [4.69, 9.17) is 14.2 Å². The summed E-state index contributed by atoms with van der Waals surface area (Å²) in [6.07, 6.45) is 6.63. The Morgan fingerprint density at radius 3 is 2.26 bits per heavy atom. The molecule has 0 spiro atoms. The number of unbranched alkanes of at least 4 members (excludes halogenated alkanes) is 4. The number of hydrogen-bond donors (Lipinski definition) is 0. The number of epoxide rings is 1. The first kappa shape index (κ1) is 14.2. The average molecular weight is 264 g/mol. The summed E-state index contributed by atoms with van der Waals surface area (Å²) in [6.45, 7) is 4.52. The van der Waals surface area contributed by atoms with Crippen molar-refractivity contribution in [3.8, 4) is 11.5 Å². The summed E-state index contributed by atoms with van der Waals surface area (Å²) in [7, 11) is 0. The predicted molar refractivity (Wildman–Crippen MR) is 75.9 cm³/mol. The number of benzene rings is 1. The number of ether oxygens (including phenoxy) is 3. The summed E-state index contributed by atoms with van der Waals surface area (Å²) in [4.78, 5) is 0. The van der Waals surface area contributed by atoms with Gasteiger partial charge in [0, 0.05) is 0 Å². The van der Waals surface area contributed by atoms with Gasteiger partial charge < -0.3 is 14.2 Å². The summed E-state index contributed by atoms with van der Waals surface area (Å²) < 4.78 is 16.4. The van der Waals surface area contributed by atoms with Crippen molar-refractivity contribution in [1.29, 1.82) is 0 Å². The van der Waals surface area contributed by atoms with Gasteiger partial charge in [0.1, 0.15) is 24.2 Å². The fraction of sp³-hybridized carbons (Fsp3) is 0.625. The van der Waals surface area contributed by atoms with E-state index >= 15 is 0 Å². The molecule has 1 aromatic rings. The monoisotopic (exact) mass is 264 g/mol. The minimum atomic E-state index is 0.305. The number of hydrogen-bond acceptors (Lipinski definition) is 3. The largest absolute Gasteiger partial charge is 0.494 e. The van der Waals surface area contributed by atoms with E-state index < -0.39 is 0 Å². The molecule has 106 valence electrons. The van der Waals surface area contributed by atoms with Gasteiger partial charge in [-0.1, -0.05) is 32.6 Å². The molecule has 0 N–H and O–H groups in total. The molecule has 1 heterocycles. The lowest BCUT2D eigenvalue weighted by molar-refractivity contribution is 0.262. The molecule has 3 nitrogen and oxygen atoms in total. The second-order valence-electron chi connectivity index (χ2n) is 5.00. The van der Waals surface area contributed by atoms with E-state index in [0.29, 0.717) is 12.7 Å². The highest BCUT2D eigenvalue weighted by atomic mass is 16.6. The molecule has 0 amide bonds. The highest BCUT2D eigenvalue weighted by Crippen LogP contribution is 2.19. The van der Waals surface area contributed by atoms with E-state index in [9.17, 15) is 0 Å². The van der Waals surface area contributed by atoms with Gasteiger partial charge in [0.05, 0.1) is 13.2 Å². The highest BCUT2D eigenvalue weighted by molar-refractivity contribution is 5.31. The lowest BCUT2D eigenvalue weighted by Gasteiger charge is -2.08. The maximum absolute atomic E-state index is 5.70. The van der Waals surface area contributed by atoms with Gasteiger partial charge in [-0.25, -0.2) is 0 Å². The predicted octanol–water partition coefficient (Wildman–Crippen LogP) is 3.81. The smallest absolute Gasteiger partial charge is 0.119 e. The summed E-state index contributed by atoms with van der Waals surface area (Å²) in [5.41, 5.74) is 0. The maximum atomic E-state index is 5.70. The Morgan fingerprint density at radius 2 is 1.63 bits per heavy atom. The van der Waals surface area contributed by atoms with Gasteiger partial charge in [-0.05, 0) is 30.7 Å². The van der Waals surface area contributed by atoms with Gasteiger partial charge in [-0.15, -0.1) is 0 Å². The van der Waals surface area contributed by atoms with Gasteiger partial charge in [0.15, 0.2) is 0 Å².